The average Bonchev–Trinajstić information content (AvgIpc) is 2.94. The third-order valence-corrected chi connectivity index (χ3v) is 3.05. The Morgan fingerprint density at radius 1 is 1.24 bits per heavy atom. The van der Waals surface area contributed by atoms with E-state index in [-0.39, 0.29) is 12.5 Å². The highest BCUT2D eigenvalue weighted by Gasteiger charge is 2.06. The average molecular weight is 303 g/mol. The number of fused-ring (bicyclic) bond motifs is 1. The first-order valence-corrected chi connectivity index (χ1v) is 6.60. The lowest BCUT2D eigenvalue weighted by Gasteiger charge is -2.07. The number of halogens is 1. The fourth-order valence-corrected chi connectivity index (χ4v) is 1.94. The van der Waals surface area contributed by atoms with E-state index < -0.39 is 0 Å². The lowest BCUT2D eigenvalue weighted by atomic mass is 10.3. The molecule has 2 aromatic carbocycles. The molecule has 0 fully saturated rings. The van der Waals surface area contributed by atoms with Crippen molar-refractivity contribution in [1.29, 1.82) is 0 Å². The van der Waals surface area contributed by atoms with E-state index in [1.165, 1.54) is 6.39 Å². The third-order valence-electron chi connectivity index (χ3n) is 2.80. The number of oxazole rings is 1. The highest BCUT2D eigenvalue weighted by Crippen LogP contribution is 2.18. The monoisotopic (exact) mass is 302 g/mol. The zero-order valence-corrected chi connectivity index (χ0v) is 11.6. The zero-order valence-electron chi connectivity index (χ0n) is 10.9. The number of carbonyl (C=O) groups excluding carboxylic acids is 1. The first-order valence-electron chi connectivity index (χ1n) is 6.22. The summed E-state index contributed by atoms with van der Waals surface area (Å²) in [7, 11) is 0. The van der Waals surface area contributed by atoms with Gasteiger partial charge in [-0.1, -0.05) is 11.6 Å². The maximum Gasteiger partial charge on any atom is 0.262 e. The molecule has 0 saturated carbocycles. The van der Waals surface area contributed by atoms with E-state index in [0.717, 1.165) is 0 Å². The van der Waals surface area contributed by atoms with Gasteiger partial charge in [-0.15, -0.1) is 0 Å². The number of hydrogen-bond donors (Lipinski definition) is 1. The minimum absolute atomic E-state index is 0.0848. The van der Waals surface area contributed by atoms with Gasteiger partial charge in [0.05, 0.1) is 0 Å². The number of carbonyl (C=O) groups is 1. The van der Waals surface area contributed by atoms with Gasteiger partial charge in [0.15, 0.2) is 18.6 Å². The molecule has 1 amide bonds. The molecule has 0 saturated heterocycles. The van der Waals surface area contributed by atoms with Crippen LogP contribution in [0.15, 0.2) is 53.3 Å². The van der Waals surface area contributed by atoms with Crippen LogP contribution in [0.1, 0.15) is 0 Å². The quantitative estimate of drug-likeness (QED) is 0.801. The summed E-state index contributed by atoms with van der Waals surface area (Å²) in [6.07, 6.45) is 1.36. The predicted octanol–water partition coefficient (Wildman–Crippen LogP) is 3.50. The number of nitrogens with one attached hydrogen (secondary N) is 1. The maximum atomic E-state index is 11.8. The van der Waals surface area contributed by atoms with Crippen LogP contribution in [-0.2, 0) is 4.79 Å². The molecule has 0 aliphatic rings. The van der Waals surface area contributed by atoms with Crippen LogP contribution in [0.4, 0.5) is 5.69 Å². The van der Waals surface area contributed by atoms with E-state index >= 15 is 0 Å². The van der Waals surface area contributed by atoms with Crippen LogP contribution in [0.3, 0.4) is 0 Å². The molecule has 0 spiro atoms. The zero-order chi connectivity index (χ0) is 14.7. The van der Waals surface area contributed by atoms with Gasteiger partial charge >= 0.3 is 0 Å². The SMILES string of the molecule is O=C(COc1ccc(Cl)cc1)Nc1ccc2ocnc2c1. The molecule has 6 heteroatoms. The normalized spacial score (nSPS) is 10.5. The summed E-state index contributed by atoms with van der Waals surface area (Å²) >= 11 is 5.77. The molecule has 0 atom stereocenters. The van der Waals surface area contributed by atoms with Crippen LogP contribution in [0.5, 0.6) is 5.75 Å². The smallest absolute Gasteiger partial charge is 0.262 e. The Labute approximate surface area is 125 Å². The van der Waals surface area contributed by atoms with Crippen molar-refractivity contribution in [2.75, 3.05) is 11.9 Å². The van der Waals surface area contributed by atoms with Gasteiger partial charge in [0.1, 0.15) is 11.3 Å². The van der Waals surface area contributed by atoms with E-state index in [0.29, 0.717) is 27.6 Å². The summed E-state index contributed by atoms with van der Waals surface area (Å²) in [6.45, 7) is -0.0848. The Bertz CT molecular complexity index is 768. The minimum atomic E-state index is -0.257. The van der Waals surface area contributed by atoms with Gasteiger partial charge in [-0.3, -0.25) is 4.79 Å². The van der Waals surface area contributed by atoms with Crippen molar-refractivity contribution in [3.05, 3.63) is 53.9 Å². The summed E-state index contributed by atoms with van der Waals surface area (Å²) in [4.78, 5) is 15.8. The molecule has 106 valence electrons. The van der Waals surface area contributed by atoms with Gasteiger partial charge in [0, 0.05) is 10.7 Å². The Hall–Kier alpha value is -2.53. The second-order valence-corrected chi connectivity index (χ2v) is 4.76. The predicted molar refractivity (Wildman–Crippen MR) is 79.6 cm³/mol. The molecule has 0 unspecified atom stereocenters. The standard InChI is InChI=1S/C15H11ClN2O3/c16-10-1-4-12(5-2-10)20-8-15(19)18-11-3-6-14-13(7-11)17-9-21-14/h1-7,9H,8H2,(H,18,19). The Morgan fingerprint density at radius 3 is 2.86 bits per heavy atom. The first kappa shape index (κ1) is 13.5. The van der Waals surface area contributed by atoms with Gasteiger partial charge in [-0.2, -0.15) is 0 Å². The fourth-order valence-electron chi connectivity index (χ4n) is 1.81. The third kappa shape index (κ3) is 3.32. The number of nitrogens with zero attached hydrogens (tertiary/aromatic N) is 1. The Balaban J connectivity index is 1.59. The summed E-state index contributed by atoms with van der Waals surface area (Å²) in [5.74, 6) is 0.328. The minimum Gasteiger partial charge on any atom is -0.484 e. The van der Waals surface area contributed by atoms with Gasteiger partial charge in [-0.25, -0.2) is 4.98 Å². The number of rotatable bonds is 4. The lowest BCUT2D eigenvalue weighted by Crippen LogP contribution is -2.20. The molecule has 1 N–H and O–H groups in total. The van der Waals surface area contributed by atoms with Crippen LogP contribution in [0.25, 0.3) is 11.1 Å². The van der Waals surface area contributed by atoms with Crippen molar-refractivity contribution in [1.82, 2.24) is 4.98 Å². The number of amides is 1. The van der Waals surface area contributed by atoms with E-state index in [9.17, 15) is 4.79 Å². The van der Waals surface area contributed by atoms with E-state index in [2.05, 4.69) is 10.3 Å². The molecular weight excluding hydrogens is 292 g/mol. The molecule has 21 heavy (non-hydrogen) atoms. The highest BCUT2D eigenvalue weighted by atomic mass is 35.5. The first-order chi connectivity index (χ1) is 10.2. The van der Waals surface area contributed by atoms with Crippen molar-refractivity contribution < 1.29 is 13.9 Å². The van der Waals surface area contributed by atoms with Crippen LogP contribution in [0, 0.1) is 0 Å². The van der Waals surface area contributed by atoms with Crippen molar-refractivity contribution in [3.63, 3.8) is 0 Å². The highest BCUT2D eigenvalue weighted by molar-refractivity contribution is 6.30. The van der Waals surface area contributed by atoms with Crippen LogP contribution < -0.4 is 10.1 Å². The van der Waals surface area contributed by atoms with Gasteiger partial charge in [0.2, 0.25) is 0 Å². The molecule has 5 nitrogen and oxygen atoms in total. The second-order valence-electron chi connectivity index (χ2n) is 4.33. The lowest BCUT2D eigenvalue weighted by molar-refractivity contribution is -0.118. The van der Waals surface area contributed by atoms with Crippen LogP contribution in [0.2, 0.25) is 5.02 Å². The second kappa shape index (κ2) is 5.85. The van der Waals surface area contributed by atoms with E-state index in [4.69, 9.17) is 20.8 Å². The van der Waals surface area contributed by atoms with Crippen LogP contribution >= 0.6 is 11.6 Å². The van der Waals surface area contributed by atoms with E-state index in [1.54, 1.807) is 42.5 Å². The van der Waals surface area contributed by atoms with Crippen LogP contribution in [-0.4, -0.2) is 17.5 Å². The Kier molecular flexibility index (Phi) is 3.75. The van der Waals surface area contributed by atoms with E-state index in [1.807, 2.05) is 0 Å². The number of benzene rings is 2. The molecular formula is C15H11ClN2O3. The topological polar surface area (TPSA) is 64.4 Å². The van der Waals surface area contributed by atoms with Crippen molar-refractivity contribution >= 4 is 34.3 Å². The fraction of sp³-hybridized carbons (Fsp3) is 0.0667. The maximum absolute atomic E-state index is 11.8. The summed E-state index contributed by atoms with van der Waals surface area (Å²) in [5, 5.41) is 3.35. The molecule has 0 aliphatic carbocycles. The number of aromatic nitrogens is 1. The summed E-state index contributed by atoms with van der Waals surface area (Å²) in [6, 6.07) is 12.0. The molecule has 1 aromatic heterocycles. The van der Waals surface area contributed by atoms with Crippen molar-refractivity contribution in [3.8, 4) is 5.75 Å². The molecule has 1 heterocycles. The largest absolute Gasteiger partial charge is 0.484 e. The number of hydrogen-bond acceptors (Lipinski definition) is 4. The summed E-state index contributed by atoms with van der Waals surface area (Å²) < 4.78 is 10.5. The molecule has 0 bridgehead atoms. The van der Waals surface area contributed by atoms with Gasteiger partial charge in [-0.05, 0) is 42.5 Å². The number of ether oxygens (including phenoxy) is 1. The Morgan fingerprint density at radius 2 is 2.05 bits per heavy atom. The summed E-state index contributed by atoms with van der Waals surface area (Å²) in [5.41, 5.74) is 2.00. The van der Waals surface area contributed by atoms with Crippen molar-refractivity contribution in [2.24, 2.45) is 0 Å². The van der Waals surface area contributed by atoms with Gasteiger partial charge < -0.3 is 14.5 Å². The molecule has 3 rings (SSSR count). The van der Waals surface area contributed by atoms with Crippen molar-refractivity contribution in [2.45, 2.75) is 0 Å². The molecule has 3 aromatic rings. The molecule has 0 aliphatic heterocycles. The molecule has 0 radical (unpaired) electrons. The number of anilines is 1. The van der Waals surface area contributed by atoms with Gasteiger partial charge in [0.25, 0.3) is 5.91 Å².